The molecule has 3 aromatic rings. The summed E-state index contributed by atoms with van der Waals surface area (Å²) >= 11 is 0. The quantitative estimate of drug-likeness (QED) is 0.421. The molecule has 11 nitrogen and oxygen atoms in total. The highest BCUT2D eigenvalue weighted by Crippen LogP contribution is 2.30. The molecule has 11 heteroatoms. The van der Waals surface area contributed by atoms with E-state index in [4.69, 9.17) is 4.74 Å². The molecule has 0 unspecified atom stereocenters. The Bertz CT molecular complexity index is 1390. The second-order valence-electron chi connectivity index (χ2n) is 10.1. The van der Waals surface area contributed by atoms with Crippen LogP contribution in [0.25, 0.3) is 22.3 Å². The molecule has 2 aliphatic rings. The van der Waals surface area contributed by atoms with Crippen LogP contribution in [0.4, 0.5) is 11.5 Å². The van der Waals surface area contributed by atoms with Gasteiger partial charge in [-0.25, -0.2) is 9.97 Å². The number of hydrogen-bond donors (Lipinski definition) is 3. The van der Waals surface area contributed by atoms with E-state index in [-0.39, 0.29) is 5.91 Å². The fourth-order valence-electron chi connectivity index (χ4n) is 4.74. The Morgan fingerprint density at radius 3 is 2.54 bits per heavy atom. The Morgan fingerprint density at radius 1 is 1.13 bits per heavy atom. The van der Waals surface area contributed by atoms with Crippen LogP contribution in [-0.2, 0) is 14.3 Å². The number of nitrogens with zero attached hydrogens (tertiary/aromatic N) is 5. The van der Waals surface area contributed by atoms with Gasteiger partial charge in [0.05, 0.1) is 25.1 Å². The number of H-pyrrole nitrogens is 1. The lowest BCUT2D eigenvalue weighted by Gasteiger charge is -2.36. The van der Waals surface area contributed by atoms with Gasteiger partial charge >= 0.3 is 0 Å². The highest BCUT2D eigenvalue weighted by atomic mass is 16.5. The molecule has 4 heterocycles. The molecule has 0 radical (unpaired) electrons. The Balaban J connectivity index is 1.20. The molecule has 2 fully saturated rings. The molecule has 204 valence electrons. The van der Waals surface area contributed by atoms with E-state index in [1.807, 2.05) is 35.2 Å². The van der Waals surface area contributed by atoms with Gasteiger partial charge in [0.1, 0.15) is 23.4 Å². The number of carbonyl (C=O) groups excluding carboxylic acids is 2. The summed E-state index contributed by atoms with van der Waals surface area (Å²) in [7, 11) is 3.31. The molecule has 0 bridgehead atoms. The number of benzene rings is 1. The van der Waals surface area contributed by atoms with Crippen molar-refractivity contribution in [3.05, 3.63) is 36.7 Å². The zero-order valence-electron chi connectivity index (χ0n) is 22.2. The lowest BCUT2D eigenvalue weighted by molar-refractivity contribution is -0.138. The fraction of sp³-hybridized carbons (Fsp3) is 0.429. The lowest BCUT2D eigenvalue weighted by atomic mass is 9.90. The van der Waals surface area contributed by atoms with Gasteiger partial charge in [0, 0.05) is 51.7 Å². The standard InChI is InChI=1S/C28H33N7O4/c1-33(2)24(36)4-3-11-34-12-9-28(38,10-13-34)27(37)31-21-7-5-20(6-8-21)23-18-22-25(32-23)29-19-30-26(22)35-14-16-39-17-15-35/h5-8,18-19,38H,9-17H2,1-2H3,(H,31,37)(H,29,30,32). The van der Waals surface area contributed by atoms with Gasteiger partial charge in [-0.1, -0.05) is 18.1 Å². The number of likely N-dealkylation sites (tertiary alicyclic amines) is 1. The predicted octanol–water partition coefficient (Wildman–Crippen LogP) is 1.32. The van der Waals surface area contributed by atoms with Gasteiger partial charge in [-0.05, 0) is 42.5 Å². The number of anilines is 2. The van der Waals surface area contributed by atoms with Gasteiger partial charge in [-0.15, -0.1) is 0 Å². The summed E-state index contributed by atoms with van der Waals surface area (Å²) in [6.07, 6.45) is 2.16. The predicted molar refractivity (Wildman–Crippen MR) is 148 cm³/mol. The molecule has 2 amide bonds. The molecular formula is C28H33N7O4. The van der Waals surface area contributed by atoms with Crippen molar-refractivity contribution in [3.63, 3.8) is 0 Å². The maximum Gasteiger partial charge on any atom is 0.297 e. The largest absolute Gasteiger partial charge is 0.380 e. The van der Waals surface area contributed by atoms with E-state index >= 15 is 0 Å². The van der Waals surface area contributed by atoms with Crippen LogP contribution in [-0.4, -0.2) is 107 Å². The molecule has 3 N–H and O–H groups in total. The minimum absolute atomic E-state index is 0.245. The van der Waals surface area contributed by atoms with Crippen LogP contribution < -0.4 is 10.2 Å². The average Bonchev–Trinajstić information content (AvgIpc) is 3.39. The number of aliphatic hydroxyl groups is 1. The summed E-state index contributed by atoms with van der Waals surface area (Å²) in [5.74, 6) is 5.68. The van der Waals surface area contributed by atoms with Crippen LogP contribution in [0.15, 0.2) is 36.7 Å². The maximum absolute atomic E-state index is 12.9. The van der Waals surface area contributed by atoms with Crippen LogP contribution in [0.5, 0.6) is 0 Å². The van der Waals surface area contributed by atoms with Crippen molar-refractivity contribution in [3.8, 4) is 23.1 Å². The zero-order chi connectivity index (χ0) is 27.4. The summed E-state index contributed by atoms with van der Waals surface area (Å²) in [6, 6.07) is 9.53. The Morgan fingerprint density at radius 2 is 1.85 bits per heavy atom. The van der Waals surface area contributed by atoms with E-state index in [2.05, 4.69) is 37.0 Å². The second kappa shape index (κ2) is 11.4. The summed E-state index contributed by atoms with van der Waals surface area (Å²) < 4.78 is 5.47. The molecule has 2 saturated heterocycles. The molecule has 2 aliphatic heterocycles. The highest BCUT2D eigenvalue weighted by molar-refractivity contribution is 5.97. The third-order valence-electron chi connectivity index (χ3n) is 7.18. The number of carbonyl (C=O) groups is 2. The summed E-state index contributed by atoms with van der Waals surface area (Å²) in [5, 5.41) is 14.8. The molecule has 0 aliphatic carbocycles. The van der Waals surface area contributed by atoms with E-state index in [1.54, 1.807) is 20.4 Å². The average molecular weight is 532 g/mol. The van der Waals surface area contributed by atoms with Crippen molar-refractivity contribution >= 4 is 34.4 Å². The first-order valence-electron chi connectivity index (χ1n) is 13.1. The number of aromatic nitrogens is 3. The normalized spacial score (nSPS) is 17.4. The van der Waals surface area contributed by atoms with Crippen LogP contribution in [0.1, 0.15) is 12.8 Å². The molecule has 39 heavy (non-hydrogen) atoms. The lowest BCUT2D eigenvalue weighted by Crippen LogP contribution is -2.51. The van der Waals surface area contributed by atoms with Gasteiger partial charge in [0.15, 0.2) is 0 Å². The number of piperidine rings is 1. The van der Waals surface area contributed by atoms with E-state index in [9.17, 15) is 14.7 Å². The molecule has 0 atom stereocenters. The van der Waals surface area contributed by atoms with Crippen molar-refractivity contribution in [1.29, 1.82) is 0 Å². The van der Waals surface area contributed by atoms with E-state index in [0.717, 1.165) is 41.2 Å². The molecule has 1 aromatic carbocycles. The molecule has 5 rings (SSSR count). The summed E-state index contributed by atoms with van der Waals surface area (Å²) in [4.78, 5) is 42.5. The summed E-state index contributed by atoms with van der Waals surface area (Å²) in [5.41, 5.74) is 1.77. The van der Waals surface area contributed by atoms with Crippen molar-refractivity contribution < 1.29 is 19.4 Å². The molecular weight excluding hydrogens is 498 g/mol. The van der Waals surface area contributed by atoms with Crippen LogP contribution in [0.3, 0.4) is 0 Å². The van der Waals surface area contributed by atoms with Crippen molar-refractivity contribution in [2.24, 2.45) is 0 Å². The number of fused-ring (bicyclic) bond motifs is 1. The minimum atomic E-state index is -1.45. The van der Waals surface area contributed by atoms with Crippen molar-refractivity contribution in [2.75, 3.05) is 70.2 Å². The number of aromatic amines is 1. The van der Waals surface area contributed by atoms with Gasteiger partial charge in [0.25, 0.3) is 11.8 Å². The topological polar surface area (TPSA) is 127 Å². The Hall–Kier alpha value is -3.98. The first kappa shape index (κ1) is 26.6. The molecule has 0 spiro atoms. The van der Waals surface area contributed by atoms with Crippen molar-refractivity contribution in [1.82, 2.24) is 24.8 Å². The Labute approximate surface area is 227 Å². The van der Waals surface area contributed by atoms with E-state index < -0.39 is 11.5 Å². The Kier molecular flexibility index (Phi) is 7.79. The minimum Gasteiger partial charge on any atom is -0.380 e. The third-order valence-corrected chi connectivity index (χ3v) is 7.18. The van der Waals surface area contributed by atoms with E-state index in [1.165, 1.54) is 4.90 Å². The first-order valence-corrected chi connectivity index (χ1v) is 13.1. The number of amides is 2. The number of nitrogens with one attached hydrogen (secondary N) is 2. The number of hydrogen-bond acceptors (Lipinski definition) is 8. The van der Waals surface area contributed by atoms with Crippen LogP contribution in [0.2, 0.25) is 0 Å². The van der Waals surface area contributed by atoms with E-state index in [0.29, 0.717) is 51.4 Å². The highest BCUT2D eigenvalue weighted by Gasteiger charge is 2.39. The van der Waals surface area contributed by atoms with Crippen molar-refractivity contribution in [2.45, 2.75) is 18.4 Å². The smallest absolute Gasteiger partial charge is 0.297 e. The molecule has 2 aromatic heterocycles. The van der Waals surface area contributed by atoms with Gasteiger partial charge in [-0.2, -0.15) is 0 Å². The first-order chi connectivity index (χ1) is 18.8. The second-order valence-corrected chi connectivity index (χ2v) is 10.1. The number of ether oxygens (including phenoxy) is 1. The number of morpholine rings is 1. The number of rotatable bonds is 5. The van der Waals surface area contributed by atoms with Gasteiger partial charge in [0.2, 0.25) is 0 Å². The SMILES string of the molecule is CN(C)C(=O)C#CCN1CCC(O)(C(=O)Nc2ccc(-c3cc4c(N5CCOCC5)ncnc4[nH]3)cc2)CC1. The third kappa shape index (κ3) is 6.04. The van der Waals surface area contributed by atoms with Gasteiger partial charge in [-0.3, -0.25) is 14.5 Å². The van der Waals surface area contributed by atoms with Gasteiger partial charge < -0.3 is 29.9 Å². The monoisotopic (exact) mass is 531 g/mol. The fourth-order valence-corrected chi connectivity index (χ4v) is 4.74. The van der Waals surface area contributed by atoms with Crippen LogP contribution in [0, 0.1) is 11.8 Å². The zero-order valence-corrected chi connectivity index (χ0v) is 22.2. The maximum atomic E-state index is 12.9. The van der Waals surface area contributed by atoms with Crippen LogP contribution >= 0.6 is 0 Å². The summed E-state index contributed by atoms with van der Waals surface area (Å²) in [6.45, 7) is 4.39. The molecule has 0 saturated carbocycles.